The number of nitrogens with zero attached hydrogens (tertiary/aromatic N) is 2. The number of hydrogen-bond donors (Lipinski definition) is 1. The van der Waals surface area contributed by atoms with Crippen LogP contribution in [-0.4, -0.2) is 40.7 Å². The van der Waals surface area contributed by atoms with Crippen molar-refractivity contribution in [2.75, 3.05) is 13.1 Å². The molecule has 1 saturated heterocycles. The van der Waals surface area contributed by atoms with Crippen LogP contribution in [0.15, 0.2) is 18.5 Å². The van der Waals surface area contributed by atoms with E-state index in [2.05, 4.69) is 17.2 Å². The van der Waals surface area contributed by atoms with Crippen molar-refractivity contribution >= 4 is 6.09 Å². The van der Waals surface area contributed by atoms with Crippen LogP contribution in [0.25, 0.3) is 0 Å². The number of aromatic nitrogens is 1. The Balaban J connectivity index is 1.72. The second-order valence-electron chi connectivity index (χ2n) is 6.27. The second kappa shape index (κ2) is 5.79. The highest BCUT2D eigenvalue weighted by atomic mass is 16.6. The van der Waals surface area contributed by atoms with Gasteiger partial charge in [-0.2, -0.15) is 0 Å². The van der Waals surface area contributed by atoms with Crippen LogP contribution < -0.4 is 5.32 Å². The first-order valence-corrected chi connectivity index (χ1v) is 6.96. The van der Waals surface area contributed by atoms with Crippen LogP contribution in [0.3, 0.4) is 0 Å². The van der Waals surface area contributed by atoms with Crippen molar-refractivity contribution < 1.29 is 9.53 Å². The van der Waals surface area contributed by atoms with Gasteiger partial charge in [0.2, 0.25) is 0 Å². The topological polar surface area (TPSA) is 54.5 Å². The number of pyridine rings is 1. The lowest BCUT2D eigenvalue weighted by Gasteiger charge is -2.40. The summed E-state index contributed by atoms with van der Waals surface area (Å²) in [5.74, 6) is 0. The van der Waals surface area contributed by atoms with Gasteiger partial charge in [0.25, 0.3) is 0 Å². The van der Waals surface area contributed by atoms with Gasteiger partial charge in [0, 0.05) is 38.1 Å². The Morgan fingerprint density at radius 2 is 2.20 bits per heavy atom. The van der Waals surface area contributed by atoms with E-state index < -0.39 is 5.60 Å². The minimum absolute atomic E-state index is 0.229. The highest BCUT2D eigenvalue weighted by Crippen LogP contribution is 2.15. The zero-order valence-electron chi connectivity index (χ0n) is 12.6. The molecule has 0 bridgehead atoms. The van der Waals surface area contributed by atoms with E-state index in [0.29, 0.717) is 19.1 Å². The Kier molecular flexibility index (Phi) is 4.28. The molecule has 1 aromatic heterocycles. The second-order valence-corrected chi connectivity index (χ2v) is 6.27. The molecule has 5 heteroatoms. The van der Waals surface area contributed by atoms with Gasteiger partial charge in [-0.3, -0.25) is 4.98 Å². The predicted molar refractivity (Wildman–Crippen MR) is 77.4 cm³/mol. The van der Waals surface area contributed by atoms with Crippen molar-refractivity contribution in [1.29, 1.82) is 0 Å². The Morgan fingerprint density at radius 1 is 1.50 bits per heavy atom. The normalized spacial score (nSPS) is 15.9. The van der Waals surface area contributed by atoms with Gasteiger partial charge in [-0.1, -0.05) is 0 Å². The fourth-order valence-electron chi connectivity index (χ4n) is 2.02. The lowest BCUT2D eigenvalue weighted by atomic mass is 10.1. The maximum Gasteiger partial charge on any atom is 0.410 e. The van der Waals surface area contributed by atoms with E-state index >= 15 is 0 Å². The van der Waals surface area contributed by atoms with Crippen LogP contribution in [0.2, 0.25) is 0 Å². The summed E-state index contributed by atoms with van der Waals surface area (Å²) in [6, 6.07) is 2.34. The molecule has 0 aliphatic carbocycles. The first kappa shape index (κ1) is 14.8. The van der Waals surface area contributed by atoms with Gasteiger partial charge in [-0.15, -0.1) is 0 Å². The number of hydrogen-bond acceptors (Lipinski definition) is 4. The van der Waals surface area contributed by atoms with Crippen molar-refractivity contribution in [3.63, 3.8) is 0 Å². The van der Waals surface area contributed by atoms with E-state index in [-0.39, 0.29) is 6.09 Å². The van der Waals surface area contributed by atoms with Gasteiger partial charge in [0.05, 0.1) is 0 Å². The standard InChI is InChI=1S/C15H23N3O2/c1-11-5-6-16-7-12(11)8-17-13-9-18(10-13)14(19)20-15(2,3)4/h5-7,13,17H,8-10H2,1-4H3. The molecule has 1 aliphatic heterocycles. The van der Waals surface area contributed by atoms with Gasteiger partial charge in [0.15, 0.2) is 0 Å². The first-order valence-electron chi connectivity index (χ1n) is 6.96. The van der Waals surface area contributed by atoms with Crippen molar-refractivity contribution in [3.8, 4) is 0 Å². The van der Waals surface area contributed by atoms with Gasteiger partial charge >= 0.3 is 6.09 Å². The number of amides is 1. The molecule has 1 aromatic rings. The van der Waals surface area contributed by atoms with Gasteiger partial charge < -0.3 is 15.0 Å². The molecule has 1 fully saturated rings. The van der Waals surface area contributed by atoms with Crippen LogP contribution in [0, 0.1) is 6.92 Å². The molecule has 1 aliphatic rings. The lowest BCUT2D eigenvalue weighted by molar-refractivity contribution is 0.00518. The van der Waals surface area contributed by atoms with E-state index in [4.69, 9.17) is 4.74 Å². The fourth-order valence-corrected chi connectivity index (χ4v) is 2.02. The SMILES string of the molecule is Cc1ccncc1CNC1CN(C(=O)OC(C)(C)C)C1. The lowest BCUT2D eigenvalue weighted by Crippen LogP contribution is -2.60. The molecule has 2 heterocycles. The maximum absolute atomic E-state index is 11.8. The highest BCUT2D eigenvalue weighted by molar-refractivity contribution is 5.69. The number of rotatable bonds is 3. The summed E-state index contributed by atoms with van der Waals surface area (Å²) in [5, 5.41) is 3.43. The van der Waals surface area contributed by atoms with Crippen molar-refractivity contribution in [3.05, 3.63) is 29.6 Å². The molecule has 0 atom stereocenters. The van der Waals surface area contributed by atoms with Gasteiger partial charge in [0.1, 0.15) is 5.60 Å². The Hall–Kier alpha value is -1.62. The summed E-state index contributed by atoms with van der Waals surface area (Å²) in [5.41, 5.74) is 2.00. The third-order valence-electron chi connectivity index (χ3n) is 3.26. The van der Waals surface area contributed by atoms with E-state index in [1.54, 1.807) is 11.1 Å². The zero-order chi connectivity index (χ0) is 14.8. The van der Waals surface area contributed by atoms with Gasteiger partial charge in [-0.25, -0.2) is 4.79 Å². The number of likely N-dealkylation sites (tertiary alicyclic amines) is 1. The third kappa shape index (κ3) is 3.93. The molecule has 0 radical (unpaired) electrons. The zero-order valence-corrected chi connectivity index (χ0v) is 12.6. The first-order chi connectivity index (χ1) is 9.35. The van der Waals surface area contributed by atoms with E-state index in [9.17, 15) is 4.79 Å². The summed E-state index contributed by atoms with van der Waals surface area (Å²) < 4.78 is 5.32. The maximum atomic E-state index is 11.8. The molecule has 20 heavy (non-hydrogen) atoms. The molecular formula is C15H23N3O2. The molecule has 1 amide bonds. The van der Waals surface area contributed by atoms with Crippen molar-refractivity contribution in [2.24, 2.45) is 0 Å². The molecule has 0 unspecified atom stereocenters. The predicted octanol–water partition coefficient (Wildman–Crippen LogP) is 2.10. The molecule has 5 nitrogen and oxygen atoms in total. The summed E-state index contributed by atoms with van der Waals surface area (Å²) in [7, 11) is 0. The summed E-state index contributed by atoms with van der Waals surface area (Å²) in [6.07, 6.45) is 3.45. The average molecular weight is 277 g/mol. The number of carbonyl (C=O) groups is 1. The highest BCUT2D eigenvalue weighted by Gasteiger charge is 2.33. The molecule has 0 spiro atoms. The molecule has 110 valence electrons. The Bertz CT molecular complexity index is 476. The number of nitrogens with one attached hydrogen (secondary N) is 1. The number of aryl methyl sites for hydroxylation is 1. The average Bonchev–Trinajstić information content (AvgIpc) is 2.26. The number of ether oxygens (including phenoxy) is 1. The minimum atomic E-state index is -0.428. The van der Waals surface area contributed by atoms with Crippen LogP contribution in [0.5, 0.6) is 0 Å². The summed E-state index contributed by atoms with van der Waals surface area (Å²) in [6.45, 7) is 9.91. The third-order valence-corrected chi connectivity index (χ3v) is 3.26. The largest absolute Gasteiger partial charge is 0.444 e. The van der Waals surface area contributed by atoms with E-state index in [1.807, 2.05) is 33.0 Å². The quantitative estimate of drug-likeness (QED) is 0.919. The minimum Gasteiger partial charge on any atom is -0.444 e. The smallest absolute Gasteiger partial charge is 0.410 e. The van der Waals surface area contributed by atoms with E-state index in [0.717, 1.165) is 6.54 Å². The van der Waals surface area contributed by atoms with Crippen LogP contribution >= 0.6 is 0 Å². The molecule has 1 N–H and O–H groups in total. The monoisotopic (exact) mass is 277 g/mol. The Labute approximate surface area is 120 Å². The van der Waals surface area contributed by atoms with Crippen LogP contribution in [0.4, 0.5) is 4.79 Å². The number of carbonyl (C=O) groups excluding carboxylic acids is 1. The molecule has 2 rings (SSSR count). The molecular weight excluding hydrogens is 254 g/mol. The van der Waals surface area contributed by atoms with E-state index in [1.165, 1.54) is 11.1 Å². The van der Waals surface area contributed by atoms with Gasteiger partial charge in [-0.05, 0) is 44.9 Å². The molecule has 0 saturated carbocycles. The fraction of sp³-hybridized carbons (Fsp3) is 0.600. The summed E-state index contributed by atoms with van der Waals surface area (Å²) >= 11 is 0. The van der Waals surface area contributed by atoms with Crippen LogP contribution in [0.1, 0.15) is 31.9 Å². The van der Waals surface area contributed by atoms with Crippen molar-refractivity contribution in [1.82, 2.24) is 15.2 Å². The van der Waals surface area contributed by atoms with Crippen LogP contribution in [-0.2, 0) is 11.3 Å². The summed E-state index contributed by atoms with van der Waals surface area (Å²) in [4.78, 5) is 17.6. The molecule has 0 aromatic carbocycles. The Morgan fingerprint density at radius 3 is 2.80 bits per heavy atom. The van der Waals surface area contributed by atoms with Crippen molar-refractivity contribution in [2.45, 2.75) is 45.9 Å².